The molecule has 5 nitrogen and oxygen atoms in total. The Balaban J connectivity index is 1.81. The van der Waals surface area contributed by atoms with Gasteiger partial charge in [-0.1, -0.05) is 18.2 Å². The molecule has 0 radical (unpaired) electrons. The Hall–Kier alpha value is -2.00. The van der Waals surface area contributed by atoms with Gasteiger partial charge in [0.15, 0.2) is 11.5 Å². The molecule has 0 saturated carbocycles. The molecule has 1 saturated heterocycles. The Kier molecular flexibility index (Phi) is 6.43. The Morgan fingerprint density at radius 1 is 1.11 bits per heavy atom. The number of hydrogen-bond acceptors (Lipinski definition) is 5. The third-order valence-electron chi connectivity index (χ3n) is 3.91. The number of methoxy groups -OCH3 is 1. The number of amides is 2. The Morgan fingerprint density at radius 2 is 1.85 bits per heavy atom. The zero-order chi connectivity index (χ0) is 19.4. The highest BCUT2D eigenvalue weighted by Gasteiger charge is 2.35. The van der Waals surface area contributed by atoms with Crippen LogP contribution in [0.5, 0.6) is 11.5 Å². The quantitative estimate of drug-likeness (QED) is 0.420. The maximum atomic E-state index is 12.7. The summed E-state index contributed by atoms with van der Waals surface area (Å²) >= 11 is 3.17. The number of benzene rings is 2. The first-order valence-corrected chi connectivity index (χ1v) is 10.2. The largest absolute Gasteiger partial charge is 0.493 e. The number of rotatable bonds is 6. The average Bonchev–Trinajstić information content (AvgIpc) is 2.91. The molecule has 27 heavy (non-hydrogen) atoms. The number of ether oxygens (including phenoxy) is 2. The first kappa shape index (κ1) is 19.8. The minimum atomic E-state index is -0.280. The van der Waals surface area contributed by atoms with Gasteiger partial charge in [-0.3, -0.25) is 14.5 Å². The van der Waals surface area contributed by atoms with Crippen LogP contribution in [-0.2, 0) is 11.3 Å². The maximum absolute atomic E-state index is 12.7. The van der Waals surface area contributed by atoms with Crippen LogP contribution in [0.15, 0.2) is 47.4 Å². The van der Waals surface area contributed by atoms with Crippen LogP contribution in [0.3, 0.4) is 0 Å². The molecule has 2 aromatic carbocycles. The van der Waals surface area contributed by atoms with E-state index in [1.807, 2.05) is 37.3 Å². The summed E-state index contributed by atoms with van der Waals surface area (Å²) in [6.07, 6.45) is 1.71. The van der Waals surface area contributed by atoms with Crippen molar-refractivity contribution in [1.29, 1.82) is 0 Å². The molecular formula is C20H18INO4S. The summed E-state index contributed by atoms with van der Waals surface area (Å²) in [7, 11) is 1.58. The zero-order valence-electron chi connectivity index (χ0n) is 14.9. The highest BCUT2D eigenvalue weighted by molar-refractivity contribution is 14.1. The van der Waals surface area contributed by atoms with Gasteiger partial charge in [0, 0.05) is 3.57 Å². The third-order valence-corrected chi connectivity index (χ3v) is 5.54. The fourth-order valence-electron chi connectivity index (χ4n) is 2.61. The van der Waals surface area contributed by atoms with Crippen molar-refractivity contribution in [3.63, 3.8) is 0 Å². The van der Waals surface area contributed by atoms with E-state index < -0.39 is 0 Å². The molecule has 1 aliphatic heterocycles. The Morgan fingerprint density at radius 3 is 2.52 bits per heavy atom. The van der Waals surface area contributed by atoms with E-state index in [0.29, 0.717) is 23.0 Å². The third kappa shape index (κ3) is 4.65. The number of thioether (sulfide) groups is 1. The van der Waals surface area contributed by atoms with Crippen molar-refractivity contribution in [3.8, 4) is 11.5 Å². The van der Waals surface area contributed by atoms with E-state index in [2.05, 4.69) is 22.6 Å². The van der Waals surface area contributed by atoms with Crippen LogP contribution in [0.4, 0.5) is 4.79 Å². The first-order chi connectivity index (χ1) is 13.0. The van der Waals surface area contributed by atoms with Gasteiger partial charge in [-0.15, -0.1) is 0 Å². The lowest BCUT2D eigenvalue weighted by Crippen LogP contribution is -2.27. The van der Waals surface area contributed by atoms with Crippen molar-refractivity contribution in [1.82, 2.24) is 4.90 Å². The van der Waals surface area contributed by atoms with Gasteiger partial charge in [0.25, 0.3) is 11.1 Å². The fourth-order valence-corrected chi connectivity index (χ4v) is 3.81. The zero-order valence-corrected chi connectivity index (χ0v) is 17.9. The minimum absolute atomic E-state index is 0.261. The summed E-state index contributed by atoms with van der Waals surface area (Å²) in [4.78, 5) is 26.7. The molecule has 2 aromatic rings. The molecule has 140 valence electrons. The van der Waals surface area contributed by atoms with Crippen molar-refractivity contribution >= 4 is 51.6 Å². The lowest BCUT2D eigenvalue weighted by molar-refractivity contribution is -0.123. The number of imide groups is 1. The number of carbonyl (C=O) groups is 2. The lowest BCUT2D eigenvalue weighted by atomic mass is 10.1. The van der Waals surface area contributed by atoms with Gasteiger partial charge < -0.3 is 9.47 Å². The molecule has 0 N–H and O–H groups in total. The molecule has 1 aliphatic rings. The van der Waals surface area contributed by atoms with Crippen molar-refractivity contribution in [2.75, 3.05) is 13.7 Å². The second-order valence-corrected chi connectivity index (χ2v) is 7.98. The molecule has 3 rings (SSSR count). The number of nitrogens with zero attached hydrogens (tertiary/aromatic N) is 1. The molecule has 7 heteroatoms. The van der Waals surface area contributed by atoms with Crippen molar-refractivity contribution in [2.24, 2.45) is 0 Å². The molecule has 1 fully saturated rings. The summed E-state index contributed by atoms with van der Waals surface area (Å²) in [5, 5.41) is -0.261. The monoisotopic (exact) mass is 495 g/mol. The van der Waals surface area contributed by atoms with Gasteiger partial charge in [-0.2, -0.15) is 0 Å². The summed E-state index contributed by atoms with van der Waals surface area (Å²) in [5.41, 5.74) is 1.70. The average molecular weight is 495 g/mol. The van der Waals surface area contributed by atoms with Gasteiger partial charge in [-0.25, -0.2) is 0 Å². The van der Waals surface area contributed by atoms with Crippen molar-refractivity contribution in [3.05, 3.63) is 62.1 Å². The normalized spacial score (nSPS) is 15.5. The second kappa shape index (κ2) is 8.79. The fraction of sp³-hybridized carbons (Fsp3) is 0.200. The summed E-state index contributed by atoms with van der Waals surface area (Å²) in [6.45, 7) is 2.67. The number of hydrogen-bond donors (Lipinski definition) is 0. The van der Waals surface area contributed by atoms with Crippen LogP contribution in [0.2, 0.25) is 0 Å². The van der Waals surface area contributed by atoms with Gasteiger partial charge >= 0.3 is 0 Å². The molecule has 0 aliphatic carbocycles. The highest BCUT2D eigenvalue weighted by atomic mass is 127. The van der Waals surface area contributed by atoms with Gasteiger partial charge in [0.1, 0.15) is 0 Å². The molecule has 0 spiro atoms. The molecule has 2 amide bonds. The van der Waals surface area contributed by atoms with Crippen LogP contribution in [0, 0.1) is 3.57 Å². The molecular weight excluding hydrogens is 477 g/mol. The summed E-state index contributed by atoms with van der Waals surface area (Å²) < 4.78 is 11.9. The molecule has 0 unspecified atom stereocenters. The number of carbonyl (C=O) groups excluding carboxylic acids is 2. The van der Waals surface area contributed by atoms with Crippen LogP contribution in [0.25, 0.3) is 6.08 Å². The summed E-state index contributed by atoms with van der Waals surface area (Å²) in [5.74, 6) is 0.949. The van der Waals surface area contributed by atoms with Crippen LogP contribution in [-0.4, -0.2) is 29.8 Å². The van der Waals surface area contributed by atoms with Gasteiger partial charge in [0.2, 0.25) is 0 Å². The molecule has 0 atom stereocenters. The van der Waals surface area contributed by atoms with Crippen LogP contribution < -0.4 is 9.47 Å². The lowest BCUT2D eigenvalue weighted by Gasteiger charge is -2.12. The maximum Gasteiger partial charge on any atom is 0.293 e. The molecule has 1 heterocycles. The predicted octanol–water partition coefficient (Wildman–Crippen LogP) is 4.94. The van der Waals surface area contributed by atoms with E-state index in [-0.39, 0.29) is 17.7 Å². The van der Waals surface area contributed by atoms with Crippen LogP contribution >= 0.6 is 34.4 Å². The predicted molar refractivity (Wildman–Crippen MR) is 115 cm³/mol. The SMILES string of the molecule is CCOc1cc(/C=C2\SC(=O)N(Cc3ccc(I)cc3)C2=O)ccc1OC. The number of halogens is 1. The van der Waals surface area contributed by atoms with E-state index in [0.717, 1.165) is 26.5 Å². The Labute approximate surface area is 175 Å². The topological polar surface area (TPSA) is 55.8 Å². The van der Waals surface area contributed by atoms with Crippen molar-refractivity contribution in [2.45, 2.75) is 13.5 Å². The van der Waals surface area contributed by atoms with E-state index in [9.17, 15) is 9.59 Å². The van der Waals surface area contributed by atoms with E-state index in [4.69, 9.17) is 9.47 Å². The molecule has 0 bridgehead atoms. The van der Waals surface area contributed by atoms with Crippen LogP contribution in [0.1, 0.15) is 18.1 Å². The minimum Gasteiger partial charge on any atom is -0.493 e. The van der Waals surface area contributed by atoms with E-state index in [1.165, 1.54) is 4.90 Å². The highest BCUT2D eigenvalue weighted by Crippen LogP contribution is 2.35. The van der Waals surface area contributed by atoms with Gasteiger partial charge in [0.05, 0.1) is 25.2 Å². The van der Waals surface area contributed by atoms with Crippen molar-refractivity contribution < 1.29 is 19.1 Å². The second-order valence-electron chi connectivity index (χ2n) is 5.74. The van der Waals surface area contributed by atoms with E-state index in [1.54, 1.807) is 25.3 Å². The standard InChI is InChI=1S/C20H18INO4S/c1-3-26-17-10-14(6-9-16(17)25-2)11-18-19(23)22(20(24)27-18)12-13-4-7-15(21)8-5-13/h4-11H,3,12H2,1-2H3/b18-11-. The first-order valence-electron chi connectivity index (χ1n) is 8.32. The Bertz CT molecular complexity index is 895. The van der Waals surface area contributed by atoms with E-state index >= 15 is 0 Å². The smallest absolute Gasteiger partial charge is 0.293 e. The summed E-state index contributed by atoms with van der Waals surface area (Å²) in [6, 6.07) is 13.2. The molecule has 0 aromatic heterocycles. The van der Waals surface area contributed by atoms with Gasteiger partial charge in [-0.05, 0) is 82.7 Å².